The van der Waals surface area contributed by atoms with Gasteiger partial charge in [-0.1, -0.05) is 67.9 Å². The van der Waals surface area contributed by atoms with Gasteiger partial charge in [-0.2, -0.15) is 0 Å². The molecule has 2 aliphatic rings. The van der Waals surface area contributed by atoms with Crippen LogP contribution in [0.5, 0.6) is 11.5 Å². The highest BCUT2D eigenvalue weighted by Crippen LogP contribution is 2.38. The molecule has 2 atom stereocenters. The van der Waals surface area contributed by atoms with Crippen molar-refractivity contribution in [1.82, 2.24) is 0 Å². The molecule has 32 heavy (non-hydrogen) atoms. The van der Waals surface area contributed by atoms with E-state index in [0.717, 1.165) is 37.2 Å². The molecule has 1 saturated carbocycles. The van der Waals surface area contributed by atoms with Crippen LogP contribution in [-0.4, -0.2) is 18.5 Å². The summed E-state index contributed by atoms with van der Waals surface area (Å²) in [6.45, 7) is 2.71. The second-order valence-electron chi connectivity index (χ2n) is 8.85. The van der Waals surface area contributed by atoms with Crippen molar-refractivity contribution in [1.29, 1.82) is 0 Å². The van der Waals surface area contributed by atoms with Crippen LogP contribution in [0, 0.1) is 0 Å². The average Bonchev–Trinajstić information content (AvgIpc) is 2.86. The van der Waals surface area contributed by atoms with Crippen LogP contribution in [0.15, 0.2) is 78.9 Å². The van der Waals surface area contributed by atoms with E-state index in [1.807, 2.05) is 42.5 Å². The number of hydrogen-bond acceptors (Lipinski definition) is 4. The van der Waals surface area contributed by atoms with Gasteiger partial charge in [0.2, 0.25) is 5.79 Å². The van der Waals surface area contributed by atoms with Crippen molar-refractivity contribution in [3.63, 3.8) is 0 Å². The van der Waals surface area contributed by atoms with Crippen molar-refractivity contribution in [2.75, 3.05) is 6.61 Å². The van der Waals surface area contributed by atoms with Crippen molar-refractivity contribution in [2.45, 2.75) is 56.8 Å². The third-order valence-corrected chi connectivity index (χ3v) is 6.61. The molecule has 0 radical (unpaired) electrons. The lowest BCUT2D eigenvalue weighted by Gasteiger charge is -2.42. The normalized spacial score (nSPS) is 21.2. The maximum absolute atomic E-state index is 6.13. The molecule has 0 amide bonds. The third kappa shape index (κ3) is 4.73. The van der Waals surface area contributed by atoms with Crippen molar-refractivity contribution < 1.29 is 19.2 Å². The fraction of sp³-hybridized carbons (Fsp3) is 0.357. The summed E-state index contributed by atoms with van der Waals surface area (Å²) in [6, 6.07) is 26.7. The molecule has 3 aromatic carbocycles. The fourth-order valence-corrected chi connectivity index (χ4v) is 4.52. The Balaban J connectivity index is 1.18. The molecule has 1 aliphatic carbocycles. The number of benzene rings is 3. The van der Waals surface area contributed by atoms with Crippen LogP contribution in [0.3, 0.4) is 0 Å². The second kappa shape index (κ2) is 9.45. The largest absolute Gasteiger partial charge is 0.457 e. The van der Waals surface area contributed by atoms with Crippen molar-refractivity contribution in [3.05, 3.63) is 84.4 Å². The van der Waals surface area contributed by atoms with E-state index in [-0.39, 0.29) is 12.0 Å². The first-order chi connectivity index (χ1) is 15.7. The Morgan fingerprint density at radius 3 is 2.03 bits per heavy atom. The number of rotatable bonds is 5. The van der Waals surface area contributed by atoms with Gasteiger partial charge in [-0.3, -0.25) is 0 Å². The van der Waals surface area contributed by atoms with Crippen molar-refractivity contribution >= 4 is 0 Å². The average molecular weight is 431 g/mol. The van der Waals surface area contributed by atoms with Crippen molar-refractivity contribution in [2.24, 2.45) is 0 Å². The van der Waals surface area contributed by atoms with Gasteiger partial charge in [0, 0.05) is 18.8 Å². The molecular weight excluding hydrogens is 400 g/mol. The standard InChI is InChI=1S/C28H30O4/c1-21(27-20-29-28(32-31-27)18-6-3-7-19-28)22-10-14-25(15-11-22)30-26-16-12-24(13-17-26)23-8-4-2-5-9-23/h2,4-5,8-17,21,27H,3,6-7,18-20H2,1H3/t21-,27?/m1/s1. The van der Waals surface area contributed by atoms with Gasteiger partial charge < -0.3 is 9.47 Å². The van der Waals surface area contributed by atoms with Crippen LogP contribution in [0.4, 0.5) is 0 Å². The summed E-state index contributed by atoms with van der Waals surface area (Å²) in [5.74, 6) is 1.28. The lowest BCUT2D eigenvalue weighted by atomic mass is 9.92. The van der Waals surface area contributed by atoms with E-state index >= 15 is 0 Å². The molecule has 166 valence electrons. The Kier molecular flexibility index (Phi) is 6.26. The molecule has 0 N–H and O–H groups in total. The summed E-state index contributed by atoms with van der Waals surface area (Å²) in [7, 11) is 0. The molecule has 1 unspecified atom stereocenters. The monoisotopic (exact) mass is 430 g/mol. The number of hydrogen-bond donors (Lipinski definition) is 0. The highest BCUT2D eigenvalue weighted by atomic mass is 17.2. The molecule has 4 nitrogen and oxygen atoms in total. The summed E-state index contributed by atoms with van der Waals surface area (Å²) in [6.07, 6.45) is 5.26. The van der Waals surface area contributed by atoms with Gasteiger partial charge in [0.25, 0.3) is 0 Å². The minimum atomic E-state index is -0.512. The second-order valence-corrected chi connectivity index (χ2v) is 8.85. The Hall–Kier alpha value is -2.66. The van der Waals surface area contributed by atoms with Crippen LogP contribution in [-0.2, 0) is 14.5 Å². The Labute approximate surface area is 190 Å². The third-order valence-electron chi connectivity index (χ3n) is 6.61. The van der Waals surface area contributed by atoms with E-state index in [1.54, 1.807) is 0 Å². The first-order valence-electron chi connectivity index (χ1n) is 11.6. The fourth-order valence-electron chi connectivity index (χ4n) is 4.52. The summed E-state index contributed by atoms with van der Waals surface area (Å²) < 4.78 is 12.2. The molecule has 5 rings (SSSR count). The van der Waals surface area contributed by atoms with Gasteiger partial charge in [-0.25, -0.2) is 9.78 Å². The highest BCUT2D eigenvalue weighted by Gasteiger charge is 2.41. The predicted molar refractivity (Wildman–Crippen MR) is 125 cm³/mol. The topological polar surface area (TPSA) is 36.9 Å². The minimum absolute atomic E-state index is 0.111. The van der Waals surface area contributed by atoms with E-state index in [2.05, 4.69) is 43.3 Å². The number of ether oxygens (including phenoxy) is 2. The van der Waals surface area contributed by atoms with Gasteiger partial charge in [0.1, 0.15) is 17.6 Å². The van der Waals surface area contributed by atoms with Gasteiger partial charge in [-0.05, 0) is 53.8 Å². The van der Waals surface area contributed by atoms with Crippen LogP contribution < -0.4 is 4.74 Å². The first-order valence-corrected chi connectivity index (χ1v) is 11.6. The predicted octanol–water partition coefficient (Wildman–Crippen LogP) is 7.26. The van der Waals surface area contributed by atoms with E-state index in [4.69, 9.17) is 19.2 Å². The lowest BCUT2D eigenvalue weighted by molar-refractivity contribution is -0.493. The van der Waals surface area contributed by atoms with Crippen molar-refractivity contribution in [3.8, 4) is 22.6 Å². The summed E-state index contributed by atoms with van der Waals surface area (Å²) in [5, 5.41) is 0. The zero-order valence-corrected chi connectivity index (χ0v) is 18.5. The molecule has 0 aromatic heterocycles. The SMILES string of the molecule is C[C@H](c1ccc(Oc2ccc(-c3ccccc3)cc2)cc1)C1COC2(CCCCC2)OO1. The van der Waals surface area contributed by atoms with E-state index in [0.29, 0.717) is 6.61 Å². The molecule has 3 aromatic rings. The summed E-state index contributed by atoms with van der Waals surface area (Å²) in [5.41, 5.74) is 3.55. The highest BCUT2D eigenvalue weighted by molar-refractivity contribution is 5.64. The quantitative estimate of drug-likeness (QED) is 0.399. The molecule has 0 bridgehead atoms. The van der Waals surface area contributed by atoms with E-state index in [1.165, 1.54) is 23.1 Å². The summed E-state index contributed by atoms with van der Waals surface area (Å²) >= 11 is 0. The Bertz CT molecular complexity index is 982. The van der Waals surface area contributed by atoms with E-state index in [9.17, 15) is 0 Å². The van der Waals surface area contributed by atoms with Crippen LogP contribution in [0.25, 0.3) is 11.1 Å². The maximum atomic E-state index is 6.13. The zero-order chi connectivity index (χ0) is 21.8. The molecular formula is C28H30O4. The van der Waals surface area contributed by atoms with Gasteiger partial charge >= 0.3 is 0 Å². The molecule has 1 spiro atoms. The smallest absolute Gasteiger partial charge is 0.201 e. The zero-order valence-electron chi connectivity index (χ0n) is 18.5. The van der Waals surface area contributed by atoms with Gasteiger partial charge in [0.05, 0.1) is 6.61 Å². The molecule has 1 saturated heterocycles. The molecule has 1 aliphatic heterocycles. The van der Waals surface area contributed by atoms with Gasteiger partial charge in [-0.15, -0.1) is 0 Å². The van der Waals surface area contributed by atoms with E-state index < -0.39 is 5.79 Å². The Morgan fingerprint density at radius 1 is 0.781 bits per heavy atom. The molecule has 4 heteroatoms. The van der Waals surface area contributed by atoms with Crippen LogP contribution in [0.1, 0.15) is 50.5 Å². The summed E-state index contributed by atoms with van der Waals surface area (Å²) in [4.78, 5) is 11.6. The van der Waals surface area contributed by atoms with Gasteiger partial charge in [0.15, 0.2) is 0 Å². The molecule has 2 fully saturated rings. The lowest BCUT2D eigenvalue weighted by Crippen LogP contribution is -2.47. The first kappa shape index (κ1) is 21.2. The Morgan fingerprint density at radius 2 is 1.41 bits per heavy atom. The van der Waals surface area contributed by atoms with Crippen LogP contribution in [0.2, 0.25) is 0 Å². The van der Waals surface area contributed by atoms with Crippen LogP contribution >= 0.6 is 0 Å². The maximum Gasteiger partial charge on any atom is 0.201 e. The minimum Gasteiger partial charge on any atom is -0.457 e. The molecule has 1 heterocycles.